The van der Waals surface area contributed by atoms with E-state index in [4.69, 9.17) is 15.5 Å². The summed E-state index contributed by atoms with van der Waals surface area (Å²) in [6, 6.07) is 6.90. The third kappa shape index (κ3) is 7.61. The van der Waals surface area contributed by atoms with Crippen LogP contribution < -0.4 is 74.6 Å². The van der Waals surface area contributed by atoms with Crippen LogP contribution in [0.2, 0.25) is 0 Å². The van der Waals surface area contributed by atoms with Crippen molar-refractivity contribution in [1.82, 2.24) is 9.55 Å². The zero-order valence-corrected chi connectivity index (χ0v) is 24.5. The summed E-state index contributed by atoms with van der Waals surface area (Å²) < 4.78 is 23.9. The molecule has 1 heterocycles. The van der Waals surface area contributed by atoms with E-state index in [9.17, 15) is 18.9 Å². The van der Waals surface area contributed by atoms with Crippen LogP contribution in [0, 0.1) is 0 Å². The second kappa shape index (κ2) is 12.6. The molecule has 2 radical (unpaired) electrons. The van der Waals surface area contributed by atoms with E-state index in [-0.39, 0.29) is 125 Å². The monoisotopic (exact) mass is 425 g/mol. The predicted octanol–water partition coefficient (Wildman–Crippen LogP) is -7.62. The SMILES string of the molecule is NC(CCn1cnc2ccccc21)(P(=O)([O-])O)P(=O)([O-])O.[Na+].[Na+].[Na].[Na]. The topological polar surface area (TPSA) is 165 Å². The maximum Gasteiger partial charge on any atom is 1.00 e. The van der Waals surface area contributed by atoms with E-state index in [1.165, 1.54) is 10.9 Å². The van der Waals surface area contributed by atoms with Crippen molar-refractivity contribution in [2.45, 2.75) is 18.0 Å². The third-order valence-corrected chi connectivity index (χ3v) is 7.15. The first kappa shape index (κ1) is 32.6. The molecule has 0 fully saturated rings. The van der Waals surface area contributed by atoms with Crippen LogP contribution in [0.5, 0.6) is 0 Å². The van der Waals surface area contributed by atoms with Crippen molar-refractivity contribution >= 4 is 85.3 Å². The molecular weight excluding hydrogens is 412 g/mol. The van der Waals surface area contributed by atoms with E-state index in [0.717, 1.165) is 0 Å². The van der Waals surface area contributed by atoms with Gasteiger partial charge in [-0.15, -0.1) is 0 Å². The Balaban J connectivity index is -0.00000121. The van der Waals surface area contributed by atoms with Gasteiger partial charge in [-0.3, -0.25) is 0 Å². The Morgan fingerprint density at radius 2 is 1.60 bits per heavy atom. The van der Waals surface area contributed by atoms with Gasteiger partial charge in [0.2, 0.25) is 0 Å². The number of benzene rings is 1. The Morgan fingerprint density at radius 1 is 1.12 bits per heavy atom. The summed E-state index contributed by atoms with van der Waals surface area (Å²) in [5.41, 5.74) is 6.49. The molecule has 0 saturated heterocycles. The van der Waals surface area contributed by atoms with Crippen molar-refractivity contribution in [2.24, 2.45) is 5.73 Å². The molecule has 15 heteroatoms. The van der Waals surface area contributed by atoms with Crippen molar-refractivity contribution in [3.05, 3.63) is 30.6 Å². The van der Waals surface area contributed by atoms with E-state index in [2.05, 4.69) is 4.98 Å². The number of hydrogen-bond acceptors (Lipinski definition) is 6. The summed E-state index contributed by atoms with van der Waals surface area (Å²) in [5, 5.41) is -3.13. The molecule has 0 aliphatic rings. The second-order valence-corrected chi connectivity index (χ2v) is 8.63. The Morgan fingerprint density at radius 3 is 2.08 bits per heavy atom. The third-order valence-electron chi connectivity index (χ3n) is 3.23. The molecule has 0 bridgehead atoms. The standard InChI is InChI=1S/C10H15N3O6P2.4Na/c11-10(20(14,15)16,21(17,18)19)5-6-13-7-12-8-3-1-2-4-9(8)13;;;;/h1-4,7H,5-6,11H2,(H2,14,15,16)(H2,17,18,19);;;;/q;;;2*+1/p-2. The van der Waals surface area contributed by atoms with E-state index in [1.54, 1.807) is 24.3 Å². The van der Waals surface area contributed by atoms with Crippen LogP contribution in [0.3, 0.4) is 0 Å². The molecule has 2 aromatic rings. The van der Waals surface area contributed by atoms with Gasteiger partial charge in [-0.25, -0.2) is 4.98 Å². The van der Waals surface area contributed by atoms with Gasteiger partial charge in [-0.05, 0) is 18.6 Å². The molecule has 118 valence electrons. The first-order chi connectivity index (χ1) is 9.56. The van der Waals surface area contributed by atoms with Crippen molar-refractivity contribution in [3.63, 3.8) is 0 Å². The van der Waals surface area contributed by atoms with Gasteiger partial charge in [0.1, 0.15) is 5.02 Å². The molecule has 9 nitrogen and oxygen atoms in total. The van der Waals surface area contributed by atoms with E-state index in [1.807, 2.05) is 0 Å². The van der Waals surface area contributed by atoms with Gasteiger partial charge in [0.15, 0.2) is 15.2 Å². The smallest absolute Gasteiger partial charge is 0.777 e. The summed E-state index contributed by atoms with van der Waals surface area (Å²) in [5.74, 6) is 0. The molecule has 1 aromatic carbocycles. The maximum atomic E-state index is 11.2. The molecule has 1 aromatic heterocycles. The van der Waals surface area contributed by atoms with Gasteiger partial charge in [0.25, 0.3) is 0 Å². The average molecular weight is 425 g/mol. The van der Waals surface area contributed by atoms with Crippen molar-refractivity contribution in [1.29, 1.82) is 0 Å². The van der Waals surface area contributed by atoms with Gasteiger partial charge in [0, 0.05) is 65.7 Å². The van der Waals surface area contributed by atoms with Gasteiger partial charge < -0.3 is 39.0 Å². The normalized spacial score (nSPS) is 17.3. The van der Waals surface area contributed by atoms with Crippen molar-refractivity contribution in [2.75, 3.05) is 0 Å². The molecule has 0 aliphatic carbocycles. The number of fused-ring (bicyclic) bond motifs is 1. The number of hydrogen-bond donors (Lipinski definition) is 3. The number of aryl methyl sites for hydroxylation is 1. The first-order valence-electron chi connectivity index (χ1n) is 5.83. The summed E-state index contributed by atoms with van der Waals surface area (Å²) in [6.45, 7) is -0.170. The minimum Gasteiger partial charge on any atom is -0.777 e. The van der Waals surface area contributed by atoms with Crippen molar-refractivity contribution < 1.29 is 87.8 Å². The first-order valence-corrected chi connectivity index (χ1v) is 8.98. The second-order valence-electron chi connectivity index (χ2n) is 4.60. The van der Waals surface area contributed by atoms with Crippen LogP contribution in [0.25, 0.3) is 11.0 Å². The van der Waals surface area contributed by atoms with Gasteiger partial charge in [0.05, 0.1) is 17.4 Å². The van der Waals surface area contributed by atoms with E-state index >= 15 is 0 Å². The molecule has 0 aliphatic heterocycles. The number of para-hydroxylation sites is 2. The zero-order valence-electron chi connectivity index (χ0n) is 14.7. The molecule has 0 spiro atoms. The fraction of sp³-hybridized carbons (Fsp3) is 0.300. The summed E-state index contributed by atoms with van der Waals surface area (Å²) in [4.78, 5) is 44.6. The van der Waals surface area contributed by atoms with Crippen LogP contribution in [0.15, 0.2) is 30.6 Å². The summed E-state index contributed by atoms with van der Waals surface area (Å²) in [6.07, 6.45) is 0.660. The minimum atomic E-state index is -5.52. The number of imidazole rings is 1. The van der Waals surface area contributed by atoms with Crippen LogP contribution in [0.4, 0.5) is 0 Å². The minimum absolute atomic E-state index is 0. The Labute approximate surface area is 233 Å². The fourth-order valence-electron chi connectivity index (χ4n) is 1.92. The molecule has 25 heavy (non-hydrogen) atoms. The molecular formula is C10H13N3Na4O6P2. The van der Waals surface area contributed by atoms with Gasteiger partial charge in [-0.1, -0.05) is 12.1 Å². The van der Waals surface area contributed by atoms with Crippen LogP contribution in [-0.4, -0.2) is 83.5 Å². The molecule has 4 N–H and O–H groups in total. The molecule has 2 atom stereocenters. The van der Waals surface area contributed by atoms with Crippen molar-refractivity contribution in [3.8, 4) is 0 Å². The van der Waals surface area contributed by atoms with E-state index in [0.29, 0.717) is 11.0 Å². The van der Waals surface area contributed by atoms with Crippen LogP contribution >= 0.6 is 15.2 Å². The average Bonchev–Trinajstić information content (AvgIpc) is 2.76. The largest absolute Gasteiger partial charge is 1.00 e. The van der Waals surface area contributed by atoms with Gasteiger partial charge in [-0.2, -0.15) is 0 Å². The molecule has 2 unspecified atom stereocenters. The zero-order chi connectivity index (χ0) is 15.9. The Hall–Kier alpha value is 2.95. The Kier molecular flexibility index (Phi) is 16.4. The van der Waals surface area contributed by atoms with Gasteiger partial charge >= 0.3 is 59.1 Å². The van der Waals surface area contributed by atoms with Crippen LogP contribution in [-0.2, 0) is 15.7 Å². The summed E-state index contributed by atoms with van der Waals surface area (Å²) >= 11 is 0. The van der Waals surface area contributed by atoms with Crippen LogP contribution in [0.1, 0.15) is 6.42 Å². The number of nitrogens with two attached hydrogens (primary N) is 1. The van der Waals surface area contributed by atoms with E-state index < -0.39 is 26.6 Å². The maximum absolute atomic E-state index is 11.2. The number of aromatic nitrogens is 2. The Bertz CT molecular complexity index is 742. The molecule has 0 saturated carbocycles. The predicted molar refractivity (Wildman–Crippen MR) is 82.4 cm³/mol. The quantitative estimate of drug-likeness (QED) is 0.314. The summed E-state index contributed by atoms with van der Waals surface area (Å²) in [7, 11) is -11.0. The fourth-order valence-corrected chi connectivity index (χ4v) is 3.96. The molecule has 2 rings (SSSR count). The number of nitrogens with zero attached hydrogens (tertiary/aromatic N) is 2. The molecule has 0 amide bonds. The number of rotatable bonds is 5.